The van der Waals surface area contributed by atoms with E-state index in [0.29, 0.717) is 29.1 Å². The van der Waals surface area contributed by atoms with Crippen LogP contribution in [0.5, 0.6) is 0 Å². The zero-order chi connectivity index (χ0) is 17.4. The summed E-state index contributed by atoms with van der Waals surface area (Å²) in [4.78, 5) is 25.8. The van der Waals surface area contributed by atoms with Crippen LogP contribution in [0.2, 0.25) is 0 Å². The summed E-state index contributed by atoms with van der Waals surface area (Å²) in [6.45, 7) is 8.61. The van der Waals surface area contributed by atoms with Crippen LogP contribution >= 0.6 is 0 Å². The maximum atomic E-state index is 13.0. The summed E-state index contributed by atoms with van der Waals surface area (Å²) >= 11 is 0. The number of ether oxygens (including phenoxy) is 1. The van der Waals surface area contributed by atoms with Gasteiger partial charge in [0.2, 0.25) is 5.78 Å². The van der Waals surface area contributed by atoms with Gasteiger partial charge >= 0.3 is 0 Å². The van der Waals surface area contributed by atoms with E-state index in [2.05, 4.69) is 13.8 Å². The number of rotatable bonds is 0. The van der Waals surface area contributed by atoms with Crippen molar-refractivity contribution in [2.45, 2.75) is 47.0 Å². The first-order valence-electron chi connectivity index (χ1n) is 8.80. The van der Waals surface area contributed by atoms with Gasteiger partial charge in [-0.3, -0.25) is 9.59 Å². The van der Waals surface area contributed by atoms with Gasteiger partial charge in [0.1, 0.15) is 5.76 Å². The van der Waals surface area contributed by atoms with Crippen molar-refractivity contribution in [1.82, 2.24) is 0 Å². The highest BCUT2D eigenvalue weighted by Gasteiger charge is 2.58. The molecule has 0 unspecified atom stereocenters. The first-order valence-corrected chi connectivity index (χ1v) is 8.80. The summed E-state index contributed by atoms with van der Waals surface area (Å²) in [5.74, 6) is -0.140. The topological polar surface area (TPSA) is 63.6 Å². The Morgan fingerprint density at radius 1 is 1.21 bits per heavy atom. The second-order valence-corrected chi connectivity index (χ2v) is 8.66. The molecule has 4 heteroatoms. The summed E-state index contributed by atoms with van der Waals surface area (Å²) in [5.41, 5.74) is 1.13. The molecule has 1 saturated carbocycles. The van der Waals surface area contributed by atoms with E-state index in [1.807, 2.05) is 13.8 Å². The van der Waals surface area contributed by atoms with Crippen LogP contribution in [0, 0.1) is 22.7 Å². The van der Waals surface area contributed by atoms with E-state index in [1.165, 1.54) is 0 Å². The van der Waals surface area contributed by atoms with Crippen molar-refractivity contribution in [1.29, 1.82) is 0 Å². The average molecular weight is 328 g/mol. The Hall–Kier alpha value is -1.84. The Labute approximate surface area is 142 Å². The predicted molar refractivity (Wildman–Crippen MR) is 89.1 cm³/mol. The van der Waals surface area contributed by atoms with Crippen LogP contribution in [0.1, 0.15) is 47.0 Å². The minimum Gasteiger partial charge on any atom is -0.504 e. The normalized spacial score (nSPS) is 37.6. The Morgan fingerprint density at radius 2 is 1.92 bits per heavy atom. The lowest BCUT2D eigenvalue weighted by Crippen LogP contribution is -2.51. The summed E-state index contributed by atoms with van der Waals surface area (Å²) < 4.78 is 5.78. The molecule has 1 aliphatic heterocycles. The van der Waals surface area contributed by atoms with Crippen molar-refractivity contribution < 1.29 is 19.4 Å². The molecule has 1 N–H and O–H groups in total. The lowest BCUT2D eigenvalue weighted by molar-refractivity contribution is -0.130. The molecule has 4 rings (SSSR count). The van der Waals surface area contributed by atoms with Crippen LogP contribution < -0.4 is 0 Å². The van der Waals surface area contributed by atoms with Crippen LogP contribution in [-0.2, 0) is 14.3 Å². The van der Waals surface area contributed by atoms with Gasteiger partial charge in [0.25, 0.3) is 0 Å². The molecule has 0 aromatic heterocycles. The van der Waals surface area contributed by atoms with Gasteiger partial charge in [-0.2, -0.15) is 0 Å². The van der Waals surface area contributed by atoms with E-state index < -0.39 is 5.41 Å². The van der Waals surface area contributed by atoms with E-state index >= 15 is 0 Å². The predicted octanol–water partition coefficient (Wildman–Crippen LogP) is 3.64. The van der Waals surface area contributed by atoms with Crippen molar-refractivity contribution in [3.8, 4) is 0 Å². The second kappa shape index (κ2) is 4.62. The molecule has 1 fully saturated rings. The molecule has 0 spiro atoms. The molecule has 3 atom stereocenters. The fourth-order valence-electron chi connectivity index (χ4n) is 5.60. The largest absolute Gasteiger partial charge is 0.504 e. The van der Waals surface area contributed by atoms with Crippen molar-refractivity contribution in [3.05, 3.63) is 34.3 Å². The fourth-order valence-corrected chi connectivity index (χ4v) is 5.60. The smallest absolute Gasteiger partial charge is 0.227 e. The third-order valence-electron chi connectivity index (χ3n) is 6.50. The molecule has 0 radical (unpaired) electrons. The van der Waals surface area contributed by atoms with E-state index in [0.717, 1.165) is 19.3 Å². The number of hydrogen-bond donors (Lipinski definition) is 1. The highest BCUT2D eigenvalue weighted by Crippen LogP contribution is 2.61. The molecule has 3 aliphatic carbocycles. The lowest BCUT2D eigenvalue weighted by atomic mass is 9.49. The number of hydrogen-bond acceptors (Lipinski definition) is 4. The van der Waals surface area contributed by atoms with Crippen molar-refractivity contribution in [2.75, 3.05) is 6.61 Å². The Bertz CT molecular complexity index is 765. The van der Waals surface area contributed by atoms with E-state index in [9.17, 15) is 14.7 Å². The SMILES string of the molecule is C[C@H]1COC2=C1C(=O)C(O)=C1C2=CC(=O)[C@H]2C(C)(C)CCC[C@]12C. The third kappa shape index (κ3) is 1.74. The highest BCUT2D eigenvalue weighted by molar-refractivity contribution is 6.12. The van der Waals surface area contributed by atoms with Crippen molar-refractivity contribution >= 4 is 11.6 Å². The summed E-state index contributed by atoms with van der Waals surface area (Å²) in [7, 11) is 0. The summed E-state index contributed by atoms with van der Waals surface area (Å²) in [6.07, 6.45) is 4.38. The number of aliphatic hydroxyl groups is 1. The zero-order valence-corrected chi connectivity index (χ0v) is 14.7. The van der Waals surface area contributed by atoms with E-state index in [4.69, 9.17) is 4.74 Å². The van der Waals surface area contributed by atoms with Gasteiger partial charge in [-0.25, -0.2) is 0 Å². The molecule has 0 saturated heterocycles. The number of carbonyl (C=O) groups excluding carboxylic acids is 2. The van der Waals surface area contributed by atoms with Crippen LogP contribution in [0.3, 0.4) is 0 Å². The number of aliphatic hydroxyl groups excluding tert-OH is 1. The maximum absolute atomic E-state index is 13.0. The molecular weight excluding hydrogens is 304 g/mol. The van der Waals surface area contributed by atoms with Crippen LogP contribution in [-0.4, -0.2) is 23.3 Å². The van der Waals surface area contributed by atoms with Crippen LogP contribution in [0.15, 0.2) is 34.3 Å². The van der Waals surface area contributed by atoms with Gasteiger partial charge in [0.15, 0.2) is 11.5 Å². The van der Waals surface area contributed by atoms with E-state index in [-0.39, 0.29) is 34.6 Å². The molecule has 0 aromatic carbocycles. The fraction of sp³-hybridized carbons (Fsp3) is 0.600. The number of Topliss-reactive ketones (excluding diaryl/α,β-unsaturated/α-hetero) is 1. The molecular formula is C20H24O4. The minimum atomic E-state index is -0.517. The molecule has 4 aliphatic rings. The van der Waals surface area contributed by atoms with E-state index in [1.54, 1.807) is 6.08 Å². The first-order chi connectivity index (χ1) is 11.2. The number of allylic oxidation sites excluding steroid dienone is 3. The molecule has 1 heterocycles. The highest BCUT2D eigenvalue weighted by atomic mass is 16.5. The van der Waals surface area contributed by atoms with Gasteiger partial charge in [0.05, 0.1) is 12.2 Å². The number of carbonyl (C=O) groups is 2. The van der Waals surface area contributed by atoms with Gasteiger partial charge in [-0.15, -0.1) is 0 Å². The maximum Gasteiger partial charge on any atom is 0.227 e. The van der Waals surface area contributed by atoms with Gasteiger partial charge in [-0.1, -0.05) is 34.1 Å². The second-order valence-electron chi connectivity index (χ2n) is 8.66. The summed E-state index contributed by atoms with van der Waals surface area (Å²) in [5, 5.41) is 10.8. The third-order valence-corrected chi connectivity index (χ3v) is 6.50. The van der Waals surface area contributed by atoms with Crippen molar-refractivity contribution in [3.63, 3.8) is 0 Å². The molecule has 0 amide bonds. The quantitative estimate of drug-likeness (QED) is 0.737. The Balaban J connectivity index is 1.98. The number of ketones is 2. The zero-order valence-electron chi connectivity index (χ0n) is 14.7. The lowest BCUT2D eigenvalue weighted by Gasteiger charge is -2.53. The summed E-state index contributed by atoms with van der Waals surface area (Å²) in [6, 6.07) is 0. The molecule has 4 nitrogen and oxygen atoms in total. The Morgan fingerprint density at radius 3 is 2.62 bits per heavy atom. The van der Waals surface area contributed by atoms with Gasteiger partial charge in [0, 0.05) is 28.4 Å². The van der Waals surface area contributed by atoms with Gasteiger partial charge < -0.3 is 9.84 Å². The average Bonchev–Trinajstić information content (AvgIpc) is 2.85. The van der Waals surface area contributed by atoms with Crippen LogP contribution in [0.4, 0.5) is 0 Å². The first kappa shape index (κ1) is 15.7. The Kier molecular flexibility index (Phi) is 3.02. The van der Waals surface area contributed by atoms with Gasteiger partial charge in [-0.05, 0) is 24.3 Å². The standard InChI is InChI=1S/C20H24O4/c1-10-9-24-17-11-8-12(21)18-19(2,3)6-5-7-20(18,4)14(11)16(23)15(22)13(10)17/h8,10,18,23H,5-7,9H2,1-4H3/t10-,18-,20+/m0/s1. The van der Waals surface area contributed by atoms with Crippen molar-refractivity contribution in [2.24, 2.45) is 22.7 Å². The molecule has 0 bridgehead atoms. The number of fused-ring (bicyclic) bond motifs is 4. The monoisotopic (exact) mass is 328 g/mol. The molecule has 128 valence electrons. The molecule has 0 aromatic rings. The minimum absolute atomic E-state index is 0.0551. The molecule has 24 heavy (non-hydrogen) atoms. The van der Waals surface area contributed by atoms with Crippen LogP contribution in [0.25, 0.3) is 0 Å².